The molecule has 3 aliphatic rings. The standard InChI is InChI=1S/C23H21NO4/c25-21-20-19(22(26)27-14-17-9-5-2-6-10-17)18-11-12-23(20,28-18)15-24(21)13-16-7-3-1-4-8-16/h1-12,18-20H,13-15H2/t18-,19+,20-,23-/m1/s1. The Balaban J connectivity index is 1.33. The summed E-state index contributed by atoms with van der Waals surface area (Å²) in [7, 11) is 0. The molecule has 1 spiro atoms. The molecule has 28 heavy (non-hydrogen) atoms. The van der Waals surface area contributed by atoms with Gasteiger partial charge in [0.1, 0.15) is 18.1 Å². The summed E-state index contributed by atoms with van der Waals surface area (Å²) in [6.07, 6.45) is 3.49. The summed E-state index contributed by atoms with van der Waals surface area (Å²) in [5.41, 5.74) is 1.29. The minimum atomic E-state index is -0.701. The normalized spacial score (nSPS) is 29.9. The molecule has 3 aliphatic heterocycles. The number of ether oxygens (including phenoxy) is 2. The number of esters is 1. The molecule has 3 heterocycles. The van der Waals surface area contributed by atoms with Crippen LogP contribution >= 0.6 is 0 Å². The van der Waals surface area contributed by atoms with Crippen LogP contribution in [-0.4, -0.2) is 35.0 Å². The van der Waals surface area contributed by atoms with Crippen molar-refractivity contribution in [3.63, 3.8) is 0 Å². The lowest BCUT2D eigenvalue weighted by atomic mass is 9.77. The molecule has 5 rings (SSSR count). The van der Waals surface area contributed by atoms with Gasteiger partial charge in [0.15, 0.2) is 0 Å². The molecule has 2 aromatic carbocycles. The number of hydrogen-bond acceptors (Lipinski definition) is 4. The Morgan fingerprint density at radius 1 is 1.07 bits per heavy atom. The van der Waals surface area contributed by atoms with Crippen molar-refractivity contribution in [1.29, 1.82) is 0 Å². The number of amides is 1. The summed E-state index contributed by atoms with van der Waals surface area (Å²) in [6, 6.07) is 19.4. The van der Waals surface area contributed by atoms with Crippen molar-refractivity contribution in [3.05, 3.63) is 83.9 Å². The second kappa shape index (κ2) is 6.60. The number of hydrogen-bond donors (Lipinski definition) is 0. The van der Waals surface area contributed by atoms with Crippen LogP contribution in [0.15, 0.2) is 72.8 Å². The third-order valence-corrected chi connectivity index (χ3v) is 5.89. The first kappa shape index (κ1) is 17.2. The van der Waals surface area contributed by atoms with Gasteiger partial charge in [0, 0.05) is 6.54 Å². The topological polar surface area (TPSA) is 55.8 Å². The van der Waals surface area contributed by atoms with Crippen LogP contribution in [0.25, 0.3) is 0 Å². The number of rotatable bonds is 5. The Bertz CT molecular complexity index is 926. The second-order valence-corrected chi connectivity index (χ2v) is 7.67. The van der Waals surface area contributed by atoms with Crippen LogP contribution in [0.1, 0.15) is 11.1 Å². The van der Waals surface area contributed by atoms with Crippen molar-refractivity contribution in [3.8, 4) is 0 Å². The fourth-order valence-corrected chi connectivity index (χ4v) is 4.61. The van der Waals surface area contributed by atoms with E-state index in [1.54, 1.807) is 4.90 Å². The van der Waals surface area contributed by atoms with Crippen molar-refractivity contribution in [2.45, 2.75) is 24.9 Å². The fourth-order valence-electron chi connectivity index (χ4n) is 4.61. The van der Waals surface area contributed by atoms with E-state index >= 15 is 0 Å². The first-order chi connectivity index (χ1) is 13.7. The zero-order valence-corrected chi connectivity index (χ0v) is 15.4. The number of carbonyl (C=O) groups excluding carboxylic acids is 2. The summed E-state index contributed by atoms with van der Waals surface area (Å²) < 4.78 is 11.7. The van der Waals surface area contributed by atoms with Gasteiger partial charge in [-0.2, -0.15) is 0 Å². The van der Waals surface area contributed by atoms with Crippen LogP contribution in [0.2, 0.25) is 0 Å². The van der Waals surface area contributed by atoms with E-state index in [2.05, 4.69) is 0 Å². The molecule has 142 valence electrons. The van der Waals surface area contributed by atoms with E-state index in [9.17, 15) is 9.59 Å². The van der Waals surface area contributed by atoms with E-state index in [1.165, 1.54) is 0 Å². The van der Waals surface area contributed by atoms with Gasteiger partial charge in [-0.1, -0.05) is 72.8 Å². The van der Waals surface area contributed by atoms with Gasteiger partial charge in [-0.05, 0) is 11.1 Å². The van der Waals surface area contributed by atoms with E-state index in [0.717, 1.165) is 11.1 Å². The van der Waals surface area contributed by atoms with E-state index in [0.29, 0.717) is 13.1 Å². The highest BCUT2D eigenvalue weighted by Crippen LogP contribution is 2.52. The Hall–Kier alpha value is -2.92. The first-order valence-corrected chi connectivity index (χ1v) is 9.57. The van der Waals surface area contributed by atoms with E-state index < -0.39 is 17.4 Å². The third kappa shape index (κ3) is 2.74. The Labute approximate surface area is 163 Å². The van der Waals surface area contributed by atoms with Gasteiger partial charge >= 0.3 is 5.97 Å². The lowest BCUT2D eigenvalue weighted by Crippen LogP contribution is -2.39. The van der Waals surface area contributed by atoms with Gasteiger partial charge in [-0.25, -0.2) is 0 Å². The maximum Gasteiger partial charge on any atom is 0.313 e. The van der Waals surface area contributed by atoms with Gasteiger partial charge in [-0.15, -0.1) is 0 Å². The summed E-state index contributed by atoms with van der Waals surface area (Å²) >= 11 is 0. The summed E-state index contributed by atoms with van der Waals surface area (Å²) in [5, 5.41) is 0. The number of nitrogens with zero attached hydrogens (tertiary/aromatic N) is 1. The van der Waals surface area contributed by atoms with E-state index in [4.69, 9.17) is 9.47 Å². The molecule has 1 amide bonds. The smallest absolute Gasteiger partial charge is 0.313 e. The molecule has 0 aromatic heterocycles. The minimum absolute atomic E-state index is 0.0302. The van der Waals surface area contributed by atoms with Crippen molar-refractivity contribution >= 4 is 11.9 Å². The van der Waals surface area contributed by atoms with Gasteiger partial charge in [-0.3, -0.25) is 9.59 Å². The molecule has 2 fully saturated rings. The average molecular weight is 375 g/mol. The van der Waals surface area contributed by atoms with Gasteiger partial charge < -0.3 is 14.4 Å². The van der Waals surface area contributed by atoms with E-state index in [-0.39, 0.29) is 24.6 Å². The van der Waals surface area contributed by atoms with Crippen LogP contribution in [0.4, 0.5) is 0 Å². The molecule has 5 heteroatoms. The van der Waals surface area contributed by atoms with Crippen LogP contribution in [0, 0.1) is 11.8 Å². The van der Waals surface area contributed by atoms with Gasteiger partial charge in [0.25, 0.3) is 0 Å². The molecular formula is C23H21NO4. The molecule has 2 aromatic rings. The largest absolute Gasteiger partial charge is 0.460 e. The number of likely N-dealkylation sites (tertiary alicyclic amines) is 1. The predicted molar refractivity (Wildman–Crippen MR) is 102 cm³/mol. The number of fused-ring (bicyclic) bond motifs is 1. The van der Waals surface area contributed by atoms with Crippen LogP contribution in [-0.2, 0) is 32.2 Å². The fraction of sp³-hybridized carbons (Fsp3) is 0.304. The second-order valence-electron chi connectivity index (χ2n) is 7.67. The van der Waals surface area contributed by atoms with Gasteiger partial charge in [0.05, 0.1) is 18.6 Å². The van der Waals surface area contributed by atoms with Crippen molar-refractivity contribution in [2.24, 2.45) is 11.8 Å². The highest BCUT2D eigenvalue weighted by atomic mass is 16.6. The molecule has 0 unspecified atom stereocenters. The molecule has 0 radical (unpaired) electrons. The Kier molecular flexibility index (Phi) is 4.05. The zero-order chi connectivity index (χ0) is 19.1. The minimum Gasteiger partial charge on any atom is -0.460 e. The lowest BCUT2D eigenvalue weighted by Gasteiger charge is -2.22. The molecule has 0 N–H and O–H groups in total. The van der Waals surface area contributed by atoms with Gasteiger partial charge in [0.2, 0.25) is 5.91 Å². The molecule has 0 aliphatic carbocycles. The summed E-state index contributed by atoms with van der Waals surface area (Å²) in [5.74, 6) is -1.48. The zero-order valence-electron chi connectivity index (χ0n) is 15.4. The summed E-state index contributed by atoms with van der Waals surface area (Å²) in [6.45, 7) is 1.20. The third-order valence-electron chi connectivity index (χ3n) is 5.89. The highest BCUT2D eigenvalue weighted by molar-refractivity contribution is 5.91. The SMILES string of the molecule is O=C(OCc1ccccc1)[C@H]1[C@H]2C=C[C@]3(CN(Cc4ccccc4)C(=O)[C@@H]13)O2. The monoisotopic (exact) mass is 375 g/mol. The molecular weight excluding hydrogens is 354 g/mol. The molecule has 0 saturated carbocycles. The molecule has 4 atom stereocenters. The first-order valence-electron chi connectivity index (χ1n) is 9.57. The number of carbonyl (C=O) groups is 2. The maximum atomic E-state index is 13.2. The van der Waals surface area contributed by atoms with Crippen molar-refractivity contribution in [2.75, 3.05) is 6.54 Å². The lowest BCUT2D eigenvalue weighted by molar-refractivity contribution is -0.155. The molecule has 2 bridgehead atoms. The van der Waals surface area contributed by atoms with Crippen molar-refractivity contribution in [1.82, 2.24) is 4.90 Å². The quantitative estimate of drug-likeness (QED) is 0.596. The predicted octanol–water partition coefficient (Wildman–Crippen LogP) is 2.71. The number of benzene rings is 2. The van der Waals surface area contributed by atoms with Crippen LogP contribution < -0.4 is 0 Å². The highest BCUT2D eigenvalue weighted by Gasteiger charge is 2.67. The maximum absolute atomic E-state index is 13.2. The Morgan fingerprint density at radius 3 is 2.46 bits per heavy atom. The van der Waals surface area contributed by atoms with Crippen LogP contribution in [0.3, 0.4) is 0 Å². The van der Waals surface area contributed by atoms with Crippen molar-refractivity contribution < 1.29 is 19.1 Å². The summed E-state index contributed by atoms with van der Waals surface area (Å²) in [4.78, 5) is 27.8. The average Bonchev–Trinajstić information content (AvgIpc) is 3.36. The Morgan fingerprint density at radius 2 is 1.75 bits per heavy atom. The van der Waals surface area contributed by atoms with Crippen LogP contribution in [0.5, 0.6) is 0 Å². The van der Waals surface area contributed by atoms with E-state index in [1.807, 2.05) is 72.8 Å². The molecule has 5 nitrogen and oxygen atoms in total. The molecule has 2 saturated heterocycles.